The zero-order chi connectivity index (χ0) is 25.3. The highest BCUT2D eigenvalue weighted by atomic mass is 16.5. The number of hydrogen-bond acceptors (Lipinski definition) is 6. The SMILES string of the molecule is C=CCOc1ccc(C(O)=C2C(=O)C(=O)N(c3cc(C)on3)[C@@H]2c2ccc(C(C)(C)C)cc2)cc1. The van der Waals surface area contributed by atoms with E-state index < -0.39 is 17.7 Å². The molecule has 0 radical (unpaired) electrons. The van der Waals surface area contributed by atoms with Crippen LogP contribution in [0, 0.1) is 6.92 Å². The summed E-state index contributed by atoms with van der Waals surface area (Å²) >= 11 is 0. The van der Waals surface area contributed by atoms with Crippen LogP contribution in [0.4, 0.5) is 5.82 Å². The number of aryl methyl sites for hydroxylation is 1. The van der Waals surface area contributed by atoms with Gasteiger partial charge in [-0.2, -0.15) is 0 Å². The Morgan fingerprint density at radius 2 is 1.80 bits per heavy atom. The molecule has 0 spiro atoms. The highest BCUT2D eigenvalue weighted by Gasteiger charge is 2.48. The van der Waals surface area contributed by atoms with Crippen LogP contribution in [0.1, 0.15) is 49.3 Å². The third kappa shape index (κ3) is 4.62. The van der Waals surface area contributed by atoms with Gasteiger partial charge in [0, 0.05) is 11.6 Å². The largest absolute Gasteiger partial charge is 0.507 e. The second kappa shape index (κ2) is 9.25. The molecule has 0 aliphatic carbocycles. The molecule has 180 valence electrons. The first-order valence-corrected chi connectivity index (χ1v) is 11.3. The number of carbonyl (C=O) groups is 2. The number of anilines is 1. The maximum atomic E-state index is 13.2. The van der Waals surface area contributed by atoms with Crippen molar-refractivity contribution in [3.05, 3.63) is 95.3 Å². The Balaban J connectivity index is 1.84. The highest BCUT2D eigenvalue weighted by Crippen LogP contribution is 2.42. The fourth-order valence-electron chi connectivity index (χ4n) is 4.04. The van der Waals surface area contributed by atoms with Crippen molar-refractivity contribution in [3.63, 3.8) is 0 Å². The van der Waals surface area contributed by atoms with Crippen molar-refractivity contribution in [2.45, 2.75) is 39.2 Å². The average Bonchev–Trinajstić information content (AvgIpc) is 3.37. The molecule has 4 rings (SSSR count). The van der Waals surface area contributed by atoms with E-state index in [0.29, 0.717) is 29.2 Å². The first-order valence-electron chi connectivity index (χ1n) is 11.3. The van der Waals surface area contributed by atoms with E-state index >= 15 is 0 Å². The summed E-state index contributed by atoms with van der Waals surface area (Å²) in [6, 6.07) is 15.0. The molecule has 1 aliphatic heterocycles. The fraction of sp³-hybridized carbons (Fsp3) is 0.250. The van der Waals surface area contributed by atoms with E-state index in [0.717, 1.165) is 5.56 Å². The van der Waals surface area contributed by atoms with Crippen LogP contribution in [-0.2, 0) is 15.0 Å². The van der Waals surface area contributed by atoms with Crippen LogP contribution in [0.15, 0.2) is 77.3 Å². The number of amides is 1. The Kier molecular flexibility index (Phi) is 6.35. The number of nitrogens with zero attached hydrogens (tertiary/aromatic N) is 2. The number of ketones is 1. The molecule has 7 heteroatoms. The minimum absolute atomic E-state index is 0.0149. The molecule has 1 amide bonds. The van der Waals surface area contributed by atoms with Crippen LogP contribution in [0.2, 0.25) is 0 Å². The van der Waals surface area contributed by atoms with E-state index in [-0.39, 0.29) is 22.6 Å². The molecule has 35 heavy (non-hydrogen) atoms. The normalized spacial score (nSPS) is 17.6. The lowest BCUT2D eigenvalue weighted by molar-refractivity contribution is -0.132. The van der Waals surface area contributed by atoms with Crippen molar-refractivity contribution in [1.29, 1.82) is 0 Å². The molecule has 1 atom stereocenters. The second-order valence-electron chi connectivity index (χ2n) is 9.46. The molecule has 0 saturated carbocycles. The summed E-state index contributed by atoms with van der Waals surface area (Å²) in [6.45, 7) is 12.0. The van der Waals surface area contributed by atoms with Gasteiger partial charge < -0.3 is 14.4 Å². The highest BCUT2D eigenvalue weighted by molar-refractivity contribution is 6.51. The lowest BCUT2D eigenvalue weighted by Crippen LogP contribution is -2.29. The van der Waals surface area contributed by atoms with Crippen LogP contribution in [-0.4, -0.2) is 28.6 Å². The number of aliphatic hydroxyl groups excluding tert-OH is 1. The summed E-state index contributed by atoms with van der Waals surface area (Å²) in [7, 11) is 0. The summed E-state index contributed by atoms with van der Waals surface area (Å²) in [6.07, 6.45) is 1.63. The Bertz CT molecular complexity index is 1290. The number of aliphatic hydroxyl groups is 1. The number of ether oxygens (including phenoxy) is 1. The molecule has 0 unspecified atom stereocenters. The molecule has 1 fully saturated rings. The van der Waals surface area contributed by atoms with Gasteiger partial charge >= 0.3 is 5.91 Å². The molecule has 1 saturated heterocycles. The standard InChI is InChI=1S/C28H28N2O5/c1-6-15-34-21-13-9-19(10-14-21)25(31)23-24(18-7-11-20(12-8-18)28(3,4)5)30(27(33)26(23)32)22-16-17(2)35-29-22/h6-14,16,24,31H,1,15H2,2-5H3/t24-/m1/s1. The van der Waals surface area contributed by atoms with Crippen LogP contribution in [0.3, 0.4) is 0 Å². The van der Waals surface area contributed by atoms with Gasteiger partial charge in [0.1, 0.15) is 23.9 Å². The van der Waals surface area contributed by atoms with Gasteiger partial charge in [-0.05, 0) is 47.7 Å². The molecule has 2 aromatic carbocycles. The molecule has 1 aromatic heterocycles. The quantitative estimate of drug-likeness (QED) is 0.221. The molecule has 2 heterocycles. The van der Waals surface area contributed by atoms with E-state index in [1.165, 1.54) is 4.90 Å². The monoisotopic (exact) mass is 472 g/mol. The van der Waals surface area contributed by atoms with Gasteiger partial charge in [0.25, 0.3) is 5.78 Å². The van der Waals surface area contributed by atoms with Crippen molar-refractivity contribution in [3.8, 4) is 5.75 Å². The lowest BCUT2D eigenvalue weighted by Gasteiger charge is -2.24. The van der Waals surface area contributed by atoms with Crippen LogP contribution in [0.25, 0.3) is 5.76 Å². The fourth-order valence-corrected chi connectivity index (χ4v) is 4.04. The number of carbonyl (C=O) groups excluding carboxylic acids is 2. The van der Waals surface area contributed by atoms with E-state index in [4.69, 9.17) is 9.26 Å². The summed E-state index contributed by atoms with van der Waals surface area (Å²) in [5.74, 6) is -0.545. The molecular formula is C28H28N2O5. The van der Waals surface area contributed by atoms with Gasteiger partial charge in [0.15, 0.2) is 5.82 Å². The zero-order valence-electron chi connectivity index (χ0n) is 20.2. The van der Waals surface area contributed by atoms with E-state index in [9.17, 15) is 14.7 Å². The molecule has 1 N–H and O–H groups in total. The van der Waals surface area contributed by atoms with Crippen molar-refractivity contribution < 1.29 is 24.0 Å². The Morgan fingerprint density at radius 1 is 1.14 bits per heavy atom. The van der Waals surface area contributed by atoms with Crippen molar-refractivity contribution >= 4 is 23.3 Å². The van der Waals surface area contributed by atoms with Gasteiger partial charge in [0.05, 0.1) is 11.6 Å². The summed E-state index contributed by atoms with van der Waals surface area (Å²) < 4.78 is 10.7. The van der Waals surface area contributed by atoms with Crippen LogP contribution in [0.5, 0.6) is 5.75 Å². The zero-order valence-corrected chi connectivity index (χ0v) is 20.2. The summed E-state index contributed by atoms with van der Waals surface area (Å²) in [5, 5.41) is 15.2. The second-order valence-corrected chi connectivity index (χ2v) is 9.46. The van der Waals surface area contributed by atoms with Crippen molar-refractivity contribution in [2.75, 3.05) is 11.5 Å². The minimum atomic E-state index is -0.870. The van der Waals surface area contributed by atoms with Gasteiger partial charge in [-0.25, -0.2) is 0 Å². The Hall–Kier alpha value is -4.13. The number of benzene rings is 2. The molecule has 0 bridgehead atoms. The summed E-state index contributed by atoms with van der Waals surface area (Å²) in [5.41, 5.74) is 2.08. The average molecular weight is 473 g/mol. The summed E-state index contributed by atoms with van der Waals surface area (Å²) in [4.78, 5) is 27.7. The first kappa shape index (κ1) is 24.0. The van der Waals surface area contributed by atoms with E-state index in [1.807, 2.05) is 24.3 Å². The van der Waals surface area contributed by atoms with Crippen LogP contribution >= 0.6 is 0 Å². The van der Waals surface area contributed by atoms with E-state index in [2.05, 4.69) is 32.5 Å². The Labute approximate surface area is 204 Å². The topological polar surface area (TPSA) is 92.9 Å². The van der Waals surface area contributed by atoms with Gasteiger partial charge in [-0.15, -0.1) is 0 Å². The minimum Gasteiger partial charge on any atom is -0.507 e. The third-order valence-corrected chi connectivity index (χ3v) is 5.89. The third-order valence-electron chi connectivity index (χ3n) is 5.89. The number of aromatic nitrogens is 1. The van der Waals surface area contributed by atoms with Crippen molar-refractivity contribution in [2.24, 2.45) is 0 Å². The maximum Gasteiger partial charge on any atom is 0.301 e. The lowest BCUT2D eigenvalue weighted by atomic mass is 9.85. The smallest absolute Gasteiger partial charge is 0.301 e. The van der Waals surface area contributed by atoms with E-state index in [1.54, 1.807) is 43.3 Å². The molecule has 1 aliphatic rings. The first-order chi connectivity index (χ1) is 16.6. The van der Waals surface area contributed by atoms with Crippen molar-refractivity contribution in [1.82, 2.24) is 5.16 Å². The number of rotatable bonds is 6. The van der Waals surface area contributed by atoms with Gasteiger partial charge in [-0.1, -0.05) is 62.8 Å². The molecular weight excluding hydrogens is 444 g/mol. The van der Waals surface area contributed by atoms with Gasteiger partial charge in [0.2, 0.25) is 0 Å². The Morgan fingerprint density at radius 3 is 2.34 bits per heavy atom. The maximum absolute atomic E-state index is 13.2. The number of Topliss-reactive ketones (excluding diaryl/α,β-unsaturated/α-hetero) is 1. The molecule has 7 nitrogen and oxygen atoms in total. The predicted octanol–water partition coefficient (Wildman–Crippen LogP) is 5.47. The van der Waals surface area contributed by atoms with Gasteiger partial charge in [-0.3, -0.25) is 14.5 Å². The molecule has 3 aromatic rings. The van der Waals surface area contributed by atoms with Crippen LogP contribution < -0.4 is 9.64 Å². The number of hydrogen-bond donors (Lipinski definition) is 1. The predicted molar refractivity (Wildman–Crippen MR) is 133 cm³/mol.